The summed E-state index contributed by atoms with van der Waals surface area (Å²) in [5, 5.41) is 0. The molecule has 29 heavy (non-hydrogen) atoms. The van der Waals surface area contributed by atoms with Crippen molar-refractivity contribution in [1.82, 2.24) is 4.90 Å². The lowest BCUT2D eigenvalue weighted by Crippen LogP contribution is -2.51. The predicted octanol–water partition coefficient (Wildman–Crippen LogP) is 3.60. The molecule has 4 atom stereocenters. The molecule has 2 fully saturated rings. The zero-order chi connectivity index (χ0) is 21.1. The first-order chi connectivity index (χ1) is 13.7. The van der Waals surface area contributed by atoms with Crippen molar-refractivity contribution in [3.05, 3.63) is 35.4 Å². The summed E-state index contributed by atoms with van der Waals surface area (Å²) in [5.74, 6) is -1.36. The van der Waals surface area contributed by atoms with Crippen LogP contribution < -0.4 is 4.90 Å². The molecule has 154 valence electrons. The second kappa shape index (κ2) is 6.82. The van der Waals surface area contributed by atoms with Crippen molar-refractivity contribution in [3.8, 4) is 0 Å². The van der Waals surface area contributed by atoms with Crippen molar-refractivity contribution in [2.45, 2.75) is 59.5 Å². The van der Waals surface area contributed by atoms with Crippen molar-refractivity contribution >= 4 is 29.4 Å². The fraction of sp³-hybridized carbons (Fsp3) is 0.542. The summed E-state index contributed by atoms with van der Waals surface area (Å²) >= 11 is 0. The number of unbranched alkanes of at least 4 members (excludes halogenated alkanes) is 1. The number of benzene rings is 1. The van der Waals surface area contributed by atoms with Gasteiger partial charge in [-0.2, -0.15) is 0 Å². The van der Waals surface area contributed by atoms with Crippen molar-refractivity contribution in [2.75, 3.05) is 11.4 Å². The van der Waals surface area contributed by atoms with E-state index >= 15 is 0 Å². The second-order valence-corrected chi connectivity index (χ2v) is 9.61. The summed E-state index contributed by atoms with van der Waals surface area (Å²) in [4.78, 5) is 43.7. The number of rotatable bonds is 4. The Balaban J connectivity index is 1.83. The van der Waals surface area contributed by atoms with E-state index < -0.39 is 23.3 Å². The molecule has 3 heterocycles. The summed E-state index contributed by atoms with van der Waals surface area (Å²) in [6.45, 7) is 10.2. The zero-order valence-electron chi connectivity index (χ0n) is 17.9. The smallest absolute Gasteiger partial charge is 0.235 e. The SMILES string of the molecule is CCCCN1C(=O)[C@@H]2[C@H](C1=O)[C@H](C(=O)C(C)(C)C)N1c3ccc(C)cc3C=C[C@H]21. The Morgan fingerprint density at radius 2 is 1.79 bits per heavy atom. The van der Waals surface area contributed by atoms with Crippen LogP contribution in [0.15, 0.2) is 24.3 Å². The fourth-order valence-electron chi connectivity index (χ4n) is 5.03. The highest BCUT2D eigenvalue weighted by molar-refractivity contribution is 6.11. The lowest BCUT2D eigenvalue weighted by Gasteiger charge is -2.38. The van der Waals surface area contributed by atoms with E-state index in [2.05, 4.69) is 11.0 Å². The molecule has 0 aliphatic carbocycles. The van der Waals surface area contributed by atoms with Crippen LogP contribution in [-0.4, -0.2) is 41.1 Å². The highest BCUT2D eigenvalue weighted by atomic mass is 16.2. The van der Waals surface area contributed by atoms with E-state index in [4.69, 9.17) is 0 Å². The summed E-state index contributed by atoms with van der Waals surface area (Å²) < 4.78 is 0. The molecule has 0 bridgehead atoms. The van der Waals surface area contributed by atoms with Crippen LogP contribution in [0.25, 0.3) is 6.08 Å². The maximum absolute atomic E-state index is 13.6. The number of ketones is 1. The normalized spacial score (nSPS) is 27.9. The highest BCUT2D eigenvalue weighted by Crippen LogP contribution is 2.49. The summed E-state index contributed by atoms with van der Waals surface area (Å²) in [5.41, 5.74) is 2.52. The van der Waals surface area contributed by atoms with Gasteiger partial charge in [0.15, 0.2) is 5.78 Å². The Kier molecular flexibility index (Phi) is 4.67. The lowest BCUT2D eigenvalue weighted by atomic mass is 9.79. The average molecular weight is 395 g/mol. The number of anilines is 1. The van der Waals surface area contributed by atoms with Crippen LogP contribution in [0.2, 0.25) is 0 Å². The van der Waals surface area contributed by atoms with Gasteiger partial charge in [0.05, 0.1) is 17.9 Å². The molecule has 3 aliphatic heterocycles. The highest BCUT2D eigenvalue weighted by Gasteiger charge is 2.64. The molecule has 1 aromatic carbocycles. The first-order valence-electron chi connectivity index (χ1n) is 10.6. The van der Waals surface area contributed by atoms with Crippen molar-refractivity contribution < 1.29 is 14.4 Å². The average Bonchev–Trinajstić information content (AvgIpc) is 3.12. The first kappa shape index (κ1) is 19.9. The molecule has 1 aromatic rings. The Morgan fingerprint density at radius 1 is 1.10 bits per heavy atom. The quantitative estimate of drug-likeness (QED) is 0.732. The molecule has 0 radical (unpaired) electrons. The van der Waals surface area contributed by atoms with Gasteiger partial charge in [-0.05, 0) is 31.0 Å². The number of amides is 2. The molecule has 0 N–H and O–H groups in total. The first-order valence-corrected chi connectivity index (χ1v) is 10.6. The van der Waals surface area contributed by atoms with Gasteiger partial charge in [-0.1, -0.05) is 57.9 Å². The molecule has 2 saturated heterocycles. The van der Waals surface area contributed by atoms with Crippen LogP contribution in [0.5, 0.6) is 0 Å². The van der Waals surface area contributed by atoms with Gasteiger partial charge < -0.3 is 4.90 Å². The monoisotopic (exact) mass is 394 g/mol. The number of hydrogen-bond donors (Lipinski definition) is 0. The number of fused-ring (bicyclic) bond motifs is 5. The molecule has 0 aromatic heterocycles. The molecule has 3 aliphatic rings. The number of Topliss-reactive ketones (excluding diaryl/α,β-unsaturated/α-hetero) is 1. The minimum Gasteiger partial charge on any atom is -0.353 e. The number of likely N-dealkylation sites (tertiary alicyclic amines) is 1. The van der Waals surface area contributed by atoms with Gasteiger partial charge in [0.1, 0.15) is 6.04 Å². The van der Waals surface area contributed by atoms with Crippen molar-refractivity contribution in [3.63, 3.8) is 0 Å². The Labute approximate surface area is 172 Å². The van der Waals surface area contributed by atoms with Crippen LogP contribution >= 0.6 is 0 Å². The molecule has 0 saturated carbocycles. The summed E-state index contributed by atoms with van der Waals surface area (Å²) in [6.07, 6.45) is 5.76. The van der Waals surface area contributed by atoms with Crippen molar-refractivity contribution in [1.29, 1.82) is 0 Å². The van der Waals surface area contributed by atoms with E-state index in [0.29, 0.717) is 6.54 Å². The Bertz CT molecular complexity index is 911. The predicted molar refractivity (Wildman–Crippen MR) is 113 cm³/mol. The number of carbonyl (C=O) groups is 3. The van der Waals surface area contributed by atoms with Crippen LogP contribution in [0.4, 0.5) is 5.69 Å². The van der Waals surface area contributed by atoms with E-state index in [1.807, 2.05) is 58.9 Å². The Hall–Kier alpha value is -2.43. The number of imide groups is 1. The summed E-state index contributed by atoms with van der Waals surface area (Å²) in [6, 6.07) is 5.27. The second-order valence-electron chi connectivity index (χ2n) is 9.61. The van der Waals surface area contributed by atoms with Gasteiger partial charge in [0, 0.05) is 17.6 Å². The lowest BCUT2D eigenvalue weighted by molar-refractivity contribution is -0.142. The Morgan fingerprint density at radius 3 is 2.45 bits per heavy atom. The maximum atomic E-state index is 13.6. The third kappa shape index (κ3) is 2.93. The molecule has 2 amide bonds. The fourth-order valence-corrected chi connectivity index (χ4v) is 5.03. The number of carbonyl (C=O) groups excluding carboxylic acids is 3. The van der Waals surface area contributed by atoms with Gasteiger partial charge in [0.25, 0.3) is 0 Å². The molecule has 4 rings (SSSR count). The van der Waals surface area contributed by atoms with Gasteiger partial charge in [-0.3, -0.25) is 19.3 Å². The number of nitrogens with zero attached hydrogens (tertiary/aromatic N) is 2. The van der Waals surface area contributed by atoms with Crippen molar-refractivity contribution in [2.24, 2.45) is 17.3 Å². The number of hydrogen-bond acceptors (Lipinski definition) is 4. The maximum Gasteiger partial charge on any atom is 0.235 e. The van der Waals surface area contributed by atoms with Crippen LogP contribution in [0.3, 0.4) is 0 Å². The van der Waals surface area contributed by atoms with Gasteiger partial charge in [-0.15, -0.1) is 0 Å². The largest absolute Gasteiger partial charge is 0.353 e. The number of aryl methyl sites for hydroxylation is 1. The van der Waals surface area contributed by atoms with E-state index in [0.717, 1.165) is 29.7 Å². The molecular weight excluding hydrogens is 364 g/mol. The third-order valence-electron chi connectivity index (χ3n) is 6.50. The molecular formula is C24H30N2O3. The van der Waals surface area contributed by atoms with E-state index in [9.17, 15) is 14.4 Å². The summed E-state index contributed by atoms with van der Waals surface area (Å²) in [7, 11) is 0. The van der Waals surface area contributed by atoms with Crippen LogP contribution in [0, 0.1) is 24.2 Å². The minimum absolute atomic E-state index is 0.0234. The topological polar surface area (TPSA) is 57.7 Å². The van der Waals surface area contributed by atoms with Gasteiger partial charge in [0.2, 0.25) is 11.8 Å². The minimum atomic E-state index is -0.612. The van der Waals surface area contributed by atoms with E-state index in [1.165, 1.54) is 4.90 Å². The third-order valence-corrected chi connectivity index (χ3v) is 6.50. The molecule has 5 nitrogen and oxygen atoms in total. The zero-order valence-corrected chi connectivity index (χ0v) is 17.9. The van der Waals surface area contributed by atoms with E-state index in [-0.39, 0.29) is 23.6 Å². The van der Waals surface area contributed by atoms with Crippen LogP contribution in [0.1, 0.15) is 51.7 Å². The standard InChI is InChI=1S/C24H30N2O3/c1-6-7-12-25-22(28)18-17-11-9-15-13-14(2)8-10-16(15)26(17)20(19(18)23(25)29)21(27)24(3,4)5/h8-11,13,17-20H,6-7,12H2,1-5H3/t17-,18+,19+,20-/m1/s1. The van der Waals surface area contributed by atoms with Gasteiger partial charge in [-0.25, -0.2) is 0 Å². The van der Waals surface area contributed by atoms with E-state index in [1.54, 1.807) is 0 Å². The van der Waals surface area contributed by atoms with Gasteiger partial charge >= 0.3 is 0 Å². The molecule has 5 heteroatoms. The van der Waals surface area contributed by atoms with Crippen LogP contribution in [-0.2, 0) is 14.4 Å². The molecule has 0 spiro atoms. The molecule has 0 unspecified atom stereocenters.